The van der Waals surface area contributed by atoms with Crippen molar-refractivity contribution >= 4 is 39.8 Å². The molecule has 0 aliphatic rings. The summed E-state index contributed by atoms with van der Waals surface area (Å²) in [6, 6.07) is 13.5. The van der Waals surface area contributed by atoms with E-state index in [2.05, 4.69) is 47.0 Å². The highest BCUT2D eigenvalue weighted by molar-refractivity contribution is 9.10. The lowest BCUT2D eigenvalue weighted by Crippen LogP contribution is -2.36. The zero-order chi connectivity index (χ0) is 20.9. The zero-order valence-corrected chi connectivity index (χ0v) is 19.9. The lowest BCUT2D eigenvalue weighted by atomic mass is 10.1. The van der Waals surface area contributed by atoms with Crippen LogP contribution in [0.25, 0.3) is 0 Å². The van der Waals surface area contributed by atoms with Gasteiger partial charge in [-0.2, -0.15) is 4.31 Å². The Labute approximate surface area is 177 Å². The number of Topliss-reactive ketones (excluding diaryl/α,β-unsaturated/α-hetero) is 1. The molecule has 2 aromatic rings. The monoisotopic (exact) mass is 477 g/mol. The van der Waals surface area contributed by atoms with Gasteiger partial charge in [-0.05, 0) is 31.2 Å². The minimum absolute atomic E-state index is 0.0112. The third-order valence-corrected chi connectivity index (χ3v) is 7.13. The third kappa shape index (κ3) is 6.42. The van der Waals surface area contributed by atoms with Crippen LogP contribution in [0, 0.1) is 18.4 Å². The molecule has 0 saturated carbocycles. The molecule has 4 nitrogen and oxygen atoms in total. The molecule has 0 amide bonds. The number of halogens is 1. The number of carbonyl (C=O) groups is 1. The van der Waals surface area contributed by atoms with Gasteiger partial charge in [0.1, 0.15) is 8.07 Å². The number of benzene rings is 2. The second-order valence-electron chi connectivity index (χ2n) is 7.57. The van der Waals surface area contributed by atoms with Crippen molar-refractivity contribution in [3.05, 3.63) is 64.1 Å². The van der Waals surface area contributed by atoms with Crippen LogP contribution in [0.15, 0.2) is 57.9 Å². The number of carbonyl (C=O) groups excluding carboxylic acids is 1. The lowest BCUT2D eigenvalue weighted by molar-refractivity contribution is 0.0970. The van der Waals surface area contributed by atoms with E-state index in [1.807, 2.05) is 6.92 Å². The summed E-state index contributed by atoms with van der Waals surface area (Å²) in [6.45, 7) is 7.90. The summed E-state index contributed by atoms with van der Waals surface area (Å²) in [5.41, 5.74) is 4.60. The van der Waals surface area contributed by atoms with Crippen molar-refractivity contribution in [3.8, 4) is 11.5 Å². The molecule has 7 heteroatoms. The quantitative estimate of drug-likeness (QED) is 0.349. The molecular weight excluding hydrogens is 454 g/mol. The highest BCUT2D eigenvalue weighted by Gasteiger charge is 2.26. The summed E-state index contributed by atoms with van der Waals surface area (Å²) >= 11 is 3.33. The second-order valence-corrected chi connectivity index (χ2v) is 15.2. The molecule has 0 aliphatic carbocycles. The van der Waals surface area contributed by atoms with Gasteiger partial charge in [0.25, 0.3) is 0 Å². The molecule has 0 saturated heterocycles. The van der Waals surface area contributed by atoms with Crippen molar-refractivity contribution in [2.24, 2.45) is 0 Å². The van der Waals surface area contributed by atoms with Crippen LogP contribution in [0.1, 0.15) is 15.9 Å². The summed E-state index contributed by atoms with van der Waals surface area (Å²) in [4.78, 5) is 12.9. The number of hydrogen-bond acceptors (Lipinski definition) is 3. The van der Waals surface area contributed by atoms with Crippen LogP contribution < -0.4 is 0 Å². The topological polar surface area (TPSA) is 54.5 Å². The van der Waals surface area contributed by atoms with E-state index >= 15 is 0 Å². The first kappa shape index (κ1) is 22.6. The van der Waals surface area contributed by atoms with Crippen LogP contribution in [-0.4, -0.2) is 39.7 Å². The minimum Gasteiger partial charge on any atom is -0.293 e. The van der Waals surface area contributed by atoms with Gasteiger partial charge in [-0.1, -0.05) is 71.3 Å². The molecule has 0 radical (unpaired) electrons. The van der Waals surface area contributed by atoms with Crippen molar-refractivity contribution in [1.29, 1.82) is 0 Å². The van der Waals surface area contributed by atoms with E-state index < -0.39 is 18.1 Å². The van der Waals surface area contributed by atoms with E-state index in [0.29, 0.717) is 5.56 Å². The SMILES string of the molecule is Cc1ccc(S(=O)(=O)N(CC#C[Si](C)(C)C)CC(=O)c2ccc(Br)cc2)cc1. The fourth-order valence-electron chi connectivity index (χ4n) is 2.37. The van der Waals surface area contributed by atoms with Gasteiger partial charge in [-0.25, -0.2) is 8.42 Å². The van der Waals surface area contributed by atoms with E-state index in [4.69, 9.17) is 0 Å². The van der Waals surface area contributed by atoms with E-state index in [1.165, 1.54) is 0 Å². The number of hydrogen-bond donors (Lipinski definition) is 0. The van der Waals surface area contributed by atoms with Gasteiger partial charge >= 0.3 is 0 Å². The van der Waals surface area contributed by atoms with E-state index in [0.717, 1.165) is 14.3 Å². The van der Waals surface area contributed by atoms with Crippen molar-refractivity contribution in [3.63, 3.8) is 0 Å². The zero-order valence-electron chi connectivity index (χ0n) is 16.5. The Morgan fingerprint density at radius 1 is 1.04 bits per heavy atom. The first-order valence-corrected chi connectivity index (χ1v) is 14.6. The summed E-state index contributed by atoms with van der Waals surface area (Å²) in [6.07, 6.45) is 0. The fourth-order valence-corrected chi connectivity index (χ4v) is 4.54. The van der Waals surface area contributed by atoms with Crippen molar-refractivity contribution in [1.82, 2.24) is 4.31 Å². The second kappa shape index (κ2) is 9.18. The third-order valence-electron chi connectivity index (χ3n) is 3.86. The average molecular weight is 478 g/mol. The Balaban J connectivity index is 2.35. The number of aryl methyl sites for hydroxylation is 1. The van der Waals surface area contributed by atoms with Gasteiger partial charge in [0.05, 0.1) is 18.0 Å². The molecule has 0 aliphatic heterocycles. The van der Waals surface area contributed by atoms with Crippen LogP contribution in [0.4, 0.5) is 0 Å². The predicted octanol–water partition coefficient (Wildman–Crippen LogP) is 4.51. The molecule has 0 aromatic heterocycles. The Bertz CT molecular complexity index is 999. The first-order valence-electron chi connectivity index (χ1n) is 8.85. The van der Waals surface area contributed by atoms with Crippen LogP contribution in [0.2, 0.25) is 19.6 Å². The number of nitrogens with zero attached hydrogens (tertiary/aromatic N) is 1. The highest BCUT2D eigenvalue weighted by atomic mass is 79.9. The van der Waals surface area contributed by atoms with Crippen molar-refractivity contribution in [2.75, 3.05) is 13.1 Å². The summed E-state index contributed by atoms with van der Waals surface area (Å²) in [7, 11) is -5.48. The molecule has 0 N–H and O–H groups in total. The number of sulfonamides is 1. The first-order chi connectivity index (χ1) is 13.0. The van der Waals surface area contributed by atoms with E-state index in [-0.39, 0.29) is 23.8 Å². The van der Waals surface area contributed by atoms with Crippen molar-refractivity contribution < 1.29 is 13.2 Å². The van der Waals surface area contributed by atoms with Gasteiger partial charge in [-0.15, -0.1) is 5.54 Å². The Hall–Kier alpha value is -1.72. The Kier molecular flexibility index (Phi) is 7.40. The normalized spacial score (nSPS) is 11.8. The summed E-state index contributed by atoms with van der Waals surface area (Å²) in [5, 5.41) is 0. The average Bonchev–Trinajstić information content (AvgIpc) is 2.60. The largest absolute Gasteiger partial charge is 0.293 e. The molecule has 2 rings (SSSR count). The molecular formula is C21H24BrNO3SSi. The summed E-state index contributed by atoms with van der Waals surface area (Å²) < 4.78 is 28.3. The van der Waals surface area contributed by atoms with Gasteiger partial charge in [-0.3, -0.25) is 4.79 Å². The summed E-state index contributed by atoms with van der Waals surface area (Å²) in [5.74, 6) is 2.71. The van der Waals surface area contributed by atoms with Gasteiger partial charge in [0.15, 0.2) is 5.78 Å². The number of rotatable bonds is 6. The molecule has 0 unspecified atom stereocenters. The van der Waals surface area contributed by atoms with Gasteiger partial charge < -0.3 is 0 Å². The Morgan fingerprint density at radius 2 is 1.61 bits per heavy atom. The minimum atomic E-state index is -3.83. The maximum absolute atomic E-state index is 13.1. The molecule has 2 aromatic carbocycles. The van der Waals surface area contributed by atoms with Gasteiger partial charge in [0, 0.05) is 10.0 Å². The smallest absolute Gasteiger partial charge is 0.244 e. The standard InChI is InChI=1S/C21H24BrNO3SSi/c1-17-6-12-20(13-7-17)27(25,26)23(14-5-15-28(2,3)4)16-21(24)18-8-10-19(22)11-9-18/h6-13H,14,16H2,1-4H3. The van der Waals surface area contributed by atoms with E-state index in [9.17, 15) is 13.2 Å². The van der Waals surface area contributed by atoms with E-state index in [1.54, 1.807) is 48.5 Å². The Morgan fingerprint density at radius 3 is 2.14 bits per heavy atom. The van der Waals surface area contributed by atoms with Crippen LogP contribution in [0.5, 0.6) is 0 Å². The maximum atomic E-state index is 13.1. The maximum Gasteiger partial charge on any atom is 0.244 e. The predicted molar refractivity (Wildman–Crippen MR) is 120 cm³/mol. The lowest BCUT2D eigenvalue weighted by Gasteiger charge is -2.20. The fraction of sp³-hybridized carbons (Fsp3) is 0.286. The molecule has 0 spiro atoms. The van der Waals surface area contributed by atoms with Crippen LogP contribution >= 0.6 is 15.9 Å². The van der Waals surface area contributed by atoms with Gasteiger partial charge in [0.2, 0.25) is 10.0 Å². The molecule has 0 atom stereocenters. The molecule has 28 heavy (non-hydrogen) atoms. The van der Waals surface area contributed by atoms with Crippen molar-refractivity contribution in [2.45, 2.75) is 31.5 Å². The molecule has 0 fully saturated rings. The number of ketones is 1. The highest BCUT2D eigenvalue weighted by Crippen LogP contribution is 2.18. The van der Waals surface area contributed by atoms with Crippen LogP contribution in [-0.2, 0) is 10.0 Å². The molecule has 148 valence electrons. The molecule has 0 heterocycles. The molecule has 0 bridgehead atoms. The van der Waals surface area contributed by atoms with Crippen LogP contribution in [0.3, 0.4) is 0 Å².